The fourth-order valence-corrected chi connectivity index (χ4v) is 2.80. The topological polar surface area (TPSA) is 67.6 Å². The molecule has 2 aromatic rings. The van der Waals surface area contributed by atoms with Crippen LogP contribution in [0.2, 0.25) is 0 Å². The average Bonchev–Trinajstić information content (AvgIpc) is 3.16. The lowest BCUT2D eigenvalue weighted by Gasteiger charge is -2.32. The predicted octanol–water partition coefficient (Wildman–Crippen LogP) is 3.37. The smallest absolute Gasteiger partial charge is 0.490 e. The molecular weight excluding hydrogens is 375 g/mol. The van der Waals surface area contributed by atoms with Crippen LogP contribution in [-0.4, -0.2) is 57.7 Å². The number of benzene rings is 1. The number of ether oxygens (including phenoxy) is 1. The fourth-order valence-electron chi connectivity index (χ4n) is 2.80. The Labute approximate surface area is 161 Å². The Bertz CT molecular complexity index is 728. The van der Waals surface area contributed by atoms with E-state index >= 15 is 0 Å². The Hall–Kier alpha value is -2.55. The molecule has 1 aromatic carbocycles. The molecule has 28 heavy (non-hydrogen) atoms. The minimum absolute atomic E-state index is 0.354. The molecule has 2 heterocycles. The van der Waals surface area contributed by atoms with Crippen LogP contribution in [0.5, 0.6) is 5.75 Å². The molecule has 1 fully saturated rings. The summed E-state index contributed by atoms with van der Waals surface area (Å²) in [7, 11) is 0. The van der Waals surface area contributed by atoms with Crippen molar-refractivity contribution in [1.29, 1.82) is 0 Å². The second kappa shape index (κ2) is 10.1. The van der Waals surface area contributed by atoms with Gasteiger partial charge in [-0.05, 0) is 37.5 Å². The number of rotatable bonds is 5. The molecule has 1 saturated heterocycles. The van der Waals surface area contributed by atoms with E-state index in [2.05, 4.69) is 35.1 Å². The summed E-state index contributed by atoms with van der Waals surface area (Å²) in [5.74, 6) is -1.72. The van der Waals surface area contributed by atoms with Crippen molar-refractivity contribution in [3.05, 3.63) is 48.3 Å². The third kappa shape index (κ3) is 7.22. The van der Waals surface area contributed by atoms with Crippen LogP contribution in [0.3, 0.4) is 0 Å². The summed E-state index contributed by atoms with van der Waals surface area (Å²) in [4.78, 5) is 11.4. The molecule has 0 saturated carbocycles. The van der Waals surface area contributed by atoms with Crippen LogP contribution in [0.4, 0.5) is 13.2 Å². The first-order valence-electron chi connectivity index (χ1n) is 8.98. The zero-order valence-electron chi connectivity index (χ0n) is 15.6. The molecule has 1 aliphatic heterocycles. The number of nitrogens with zero attached hydrogens (tertiary/aromatic N) is 3. The Kier molecular flexibility index (Phi) is 7.86. The van der Waals surface area contributed by atoms with Gasteiger partial charge in [0.25, 0.3) is 0 Å². The van der Waals surface area contributed by atoms with Gasteiger partial charge < -0.3 is 14.7 Å². The maximum Gasteiger partial charge on any atom is 0.490 e. The molecule has 0 radical (unpaired) electrons. The second-order valence-electron chi connectivity index (χ2n) is 6.50. The van der Waals surface area contributed by atoms with Crippen molar-refractivity contribution in [1.82, 2.24) is 14.7 Å². The molecule has 0 amide bonds. The Morgan fingerprint density at radius 2 is 1.86 bits per heavy atom. The number of halogens is 3. The van der Waals surface area contributed by atoms with Crippen LogP contribution < -0.4 is 4.74 Å². The zero-order chi connectivity index (χ0) is 20.6. The molecule has 0 aliphatic carbocycles. The number of aromatic nitrogens is 2. The molecular formula is C19H24F3N3O3. The number of hydrogen-bond donors (Lipinski definition) is 1. The second-order valence-corrected chi connectivity index (χ2v) is 6.50. The molecule has 9 heteroatoms. The number of aliphatic carboxylic acids is 1. The monoisotopic (exact) mass is 399 g/mol. The highest BCUT2D eigenvalue weighted by Gasteiger charge is 2.38. The van der Waals surface area contributed by atoms with Gasteiger partial charge in [0.05, 0.1) is 6.54 Å². The zero-order valence-corrected chi connectivity index (χ0v) is 15.6. The van der Waals surface area contributed by atoms with Crippen molar-refractivity contribution in [2.24, 2.45) is 0 Å². The Balaban J connectivity index is 0.000000345. The van der Waals surface area contributed by atoms with Gasteiger partial charge >= 0.3 is 12.1 Å². The van der Waals surface area contributed by atoms with Gasteiger partial charge in [0.15, 0.2) is 0 Å². The van der Waals surface area contributed by atoms with E-state index in [0.717, 1.165) is 44.8 Å². The van der Waals surface area contributed by atoms with E-state index in [4.69, 9.17) is 14.6 Å². The first-order chi connectivity index (χ1) is 13.3. The van der Waals surface area contributed by atoms with E-state index in [1.54, 1.807) is 0 Å². The summed E-state index contributed by atoms with van der Waals surface area (Å²) in [6, 6.07) is 10.2. The SMILES string of the molecule is Cc1ccccc1OC1CCN(CCn2cccn2)CC1.O=C(O)C(F)(F)F. The van der Waals surface area contributed by atoms with Crippen LogP contribution in [0.25, 0.3) is 0 Å². The highest BCUT2D eigenvalue weighted by Crippen LogP contribution is 2.22. The van der Waals surface area contributed by atoms with E-state index in [-0.39, 0.29) is 0 Å². The number of aryl methyl sites for hydroxylation is 1. The van der Waals surface area contributed by atoms with Crippen LogP contribution in [0.1, 0.15) is 18.4 Å². The Morgan fingerprint density at radius 1 is 1.21 bits per heavy atom. The van der Waals surface area contributed by atoms with Crippen molar-refractivity contribution in [2.45, 2.75) is 38.6 Å². The number of para-hydroxylation sites is 1. The molecule has 0 bridgehead atoms. The maximum absolute atomic E-state index is 10.6. The van der Waals surface area contributed by atoms with E-state index in [9.17, 15) is 13.2 Å². The van der Waals surface area contributed by atoms with E-state index in [1.807, 2.05) is 29.2 Å². The Morgan fingerprint density at radius 3 is 2.39 bits per heavy atom. The molecule has 0 atom stereocenters. The van der Waals surface area contributed by atoms with Crippen LogP contribution in [0, 0.1) is 6.92 Å². The number of piperidine rings is 1. The molecule has 6 nitrogen and oxygen atoms in total. The lowest BCUT2D eigenvalue weighted by Crippen LogP contribution is -2.39. The van der Waals surface area contributed by atoms with Crippen molar-refractivity contribution in [3.63, 3.8) is 0 Å². The number of likely N-dealkylation sites (tertiary alicyclic amines) is 1. The first kappa shape index (κ1) is 21.7. The number of carbonyl (C=O) groups is 1. The van der Waals surface area contributed by atoms with Gasteiger partial charge in [0.1, 0.15) is 11.9 Å². The third-order valence-corrected chi connectivity index (χ3v) is 4.37. The first-order valence-corrected chi connectivity index (χ1v) is 8.98. The van der Waals surface area contributed by atoms with Crippen molar-refractivity contribution >= 4 is 5.97 Å². The molecule has 1 N–H and O–H groups in total. The van der Waals surface area contributed by atoms with Gasteiger partial charge in [0.2, 0.25) is 0 Å². The van der Waals surface area contributed by atoms with Crippen molar-refractivity contribution < 1.29 is 27.8 Å². The van der Waals surface area contributed by atoms with Gasteiger partial charge in [0, 0.05) is 32.0 Å². The number of alkyl halides is 3. The van der Waals surface area contributed by atoms with Crippen molar-refractivity contribution in [3.8, 4) is 5.75 Å². The van der Waals surface area contributed by atoms with Gasteiger partial charge in [-0.15, -0.1) is 0 Å². The molecule has 0 spiro atoms. The molecule has 1 aromatic heterocycles. The number of carboxylic acids is 1. The van der Waals surface area contributed by atoms with Crippen LogP contribution in [-0.2, 0) is 11.3 Å². The summed E-state index contributed by atoms with van der Waals surface area (Å²) in [6.45, 7) is 6.36. The fraction of sp³-hybridized carbons (Fsp3) is 0.474. The number of hydrogen-bond acceptors (Lipinski definition) is 4. The largest absolute Gasteiger partial charge is 0.490 e. The van der Waals surface area contributed by atoms with E-state index in [1.165, 1.54) is 5.56 Å². The quantitative estimate of drug-likeness (QED) is 0.835. The molecule has 3 rings (SSSR count). The van der Waals surface area contributed by atoms with Crippen LogP contribution in [0.15, 0.2) is 42.7 Å². The highest BCUT2D eigenvalue weighted by atomic mass is 19.4. The normalized spacial score (nSPS) is 15.6. The van der Waals surface area contributed by atoms with Gasteiger partial charge in [-0.2, -0.15) is 18.3 Å². The van der Waals surface area contributed by atoms with Gasteiger partial charge in [-0.1, -0.05) is 18.2 Å². The number of carboxylic acid groups (broad SMARTS) is 1. The minimum Gasteiger partial charge on any atom is -0.490 e. The summed E-state index contributed by atoms with van der Waals surface area (Å²) < 4.78 is 39.9. The van der Waals surface area contributed by atoms with Gasteiger partial charge in [-0.3, -0.25) is 4.68 Å². The lowest BCUT2D eigenvalue weighted by atomic mass is 10.1. The summed E-state index contributed by atoms with van der Waals surface area (Å²) in [5.41, 5.74) is 1.22. The van der Waals surface area contributed by atoms with Crippen molar-refractivity contribution in [2.75, 3.05) is 19.6 Å². The summed E-state index contributed by atoms with van der Waals surface area (Å²) >= 11 is 0. The lowest BCUT2D eigenvalue weighted by molar-refractivity contribution is -0.192. The van der Waals surface area contributed by atoms with E-state index < -0.39 is 12.1 Å². The van der Waals surface area contributed by atoms with E-state index in [0.29, 0.717) is 6.10 Å². The summed E-state index contributed by atoms with van der Waals surface area (Å²) in [6.07, 6.45) is 1.34. The molecule has 1 aliphatic rings. The summed E-state index contributed by atoms with van der Waals surface area (Å²) in [5, 5.41) is 11.4. The minimum atomic E-state index is -5.08. The highest BCUT2D eigenvalue weighted by molar-refractivity contribution is 5.73. The molecule has 154 valence electrons. The standard InChI is InChI=1S/C17H23N3O.C2HF3O2/c1-15-5-2-3-6-17(15)21-16-7-11-19(12-8-16)13-14-20-10-4-9-18-20;3-2(4,5)1(6)7/h2-6,9-10,16H,7-8,11-14H2,1H3;(H,6,7). The van der Waals surface area contributed by atoms with Crippen LogP contribution >= 0.6 is 0 Å². The third-order valence-electron chi connectivity index (χ3n) is 4.37. The van der Waals surface area contributed by atoms with Gasteiger partial charge in [-0.25, -0.2) is 4.79 Å². The molecule has 0 unspecified atom stereocenters. The predicted molar refractivity (Wildman–Crippen MR) is 97.2 cm³/mol. The average molecular weight is 399 g/mol. The maximum atomic E-state index is 10.6.